The largest absolute Gasteiger partial charge is 0.388 e. The first-order valence-electron chi connectivity index (χ1n) is 8.16. The second-order valence-electron chi connectivity index (χ2n) is 5.18. The lowest BCUT2D eigenvalue weighted by Gasteiger charge is -2.10. The molecule has 4 heteroatoms. The first kappa shape index (κ1) is 20.5. The van der Waals surface area contributed by atoms with Gasteiger partial charge in [-0.05, 0) is 45.8 Å². The van der Waals surface area contributed by atoms with Crippen LogP contribution >= 0.6 is 9.39 Å². The molecule has 0 aliphatic rings. The molecule has 0 aromatic heterocycles. The molecule has 0 fully saturated rings. The smallest absolute Gasteiger partial charge is 0.0392 e. The van der Waals surface area contributed by atoms with E-state index in [4.69, 9.17) is 0 Å². The van der Waals surface area contributed by atoms with Gasteiger partial charge in [0.25, 0.3) is 0 Å². The van der Waals surface area contributed by atoms with Crippen molar-refractivity contribution in [2.24, 2.45) is 0 Å². The molecule has 1 atom stereocenters. The molecule has 3 aromatic rings. The maximum absolute atomic E-state index is 3.03. The zero-order valence-electron chi connectivity index (χ0n) is 15.2. The number of nitrogens with zero attached hydrogens (tertiary/aromatic N) is 1. The molecular formula is C21H28N3P. The third-order valence-corrected chi connectivity index (χ3v) is 3.59. The Balaban J connectivity index is 0.000000188. The molecule has 3 rings (SSSR count). The van der Waals surface area contributed by atoms with E-state index in [1.165, 1.54) is 5.69 Å². The van der Waals surface area contributed by atoms with Crippen molar-refractivity contribution in [2.75, 3.05) is 36.4 Å². The van der Waals surface area contributed by atoms with E-state index < -0.39 is 0 Å². The van der Waals surface area contributed by atoms with Crippen LogP contribution in [0.5, 0.6) is 0 Å². The Morgan fingerprint density at radius 3 is 1.12 bits per heavy atom. The van der Waals surface area contributed by atoms with Crippen molar-refractivity contribution in [1.82, 2.24) is 0 Å². The highest BCUT2D eigenvalue weighted by atomic mass is 31.0. The van der Waals surface area contributed by atoms with E-state index in [0.717, 1.165) is 11.4 Å². The van der Waals surface area contributed by atoms with Crippen LogP contribution < -0.4 is 15.3 Å². The number of hydrogen-bond acceptors (Lipinski definition) is 3. The van der Waals surface area contributed by atoms with Crippen LogP contribution in [0.1, 0.15) is 0 Å². The van der Waals surface area contributed by atoms with Crippen LogP contribution in [0.25, 0.3) is 0 Å². The topological polar surface area (TPSA) is 27.3 Å². The molecule has 0 aliphatic heterocycles. The van der Waals surface area contributed by atoms with Gasteiger partial charge < -0.3 is 15.3 Å². The number of benzene rings is 3. The van der Waals surface area contributed by atoms with Crippen LogP contribution in [0, 0.1) is 0 Å². The minimum absolute atomic E-state index is 1.16. The number of para-hydroxylation sites is 3. The van der Waals surface area contributed by atoms with Crippen LogP contribution in [-0.4, -0.2) is 21.1 Å². The lowest BCUT2D eigenvalue weighted by molar-refractivity contribution is 1.36. The third kappa shape index (κ3) is 9.39. The summed E-state index contributed by atoms with van der Waals surface area (Å²) in [6, 6.07) is 30.3. The highest BCUT2D eigenvalue weighted by molar-refractivity contribution is 7.19. The number of hydrogen-bond donors (Lipinski definition) is 2. The van der Waals surface area contributed by atoms with E-state index in [0.29, 0.717) is 0 Å². The van der Waals surface area contributed by atoms with Crippen LogP contribution in [-0.2, 0) is 0 Å². The molecule has 0 saturated heterocycles. The summed E-state index contributed by atoms with van der Waals surface area (Å²) < 4.78 is 2.00. The molecule has 0 bridgehead atoms. The Morgan fingerprint density at radius 1 is 0.600 bits per heavy atom. The molecule has 0 saturated carbocycles. The van der Waals surface area contributed by atoms with Crippen molar-refractivity contribution in [3.05, 3.63) is 91.0 Å². The fraction of sp³-hybridized carbons (Fsp3) is 0.143. The van der Waals surface area contributed by atoms with Crippen molar-refractivity contribution >= 4 is 26.5 Å². The van der Waals surface area contributed by atoms with E-state index >= 15 is 0 Å². The summed E-state index contributed by atoms with van der Waals surface area (Å²) >= 11 is 0. The molecule has 0 aliphatic carbocycles. The predicted octanol–water partition coefficient (Wildman–Crippen LogP) is 5.37. The lowest BCUT2D eigenvalue weighted by atomic mass is 10.3. The molecule has 2 N–H and O–H groups in total. The zero-order chi connectivity index (χ0) is 18.3. The van der Waals surface area contributed by atoms with E-state index in [-0.39, 0.29) is 0 Å². The number of rotatable bonds is 3. The van der Waals surface area contributed by atoms with Gasteiger partial charge in [-0.15, -0.1) is 0 Å². The van der Waals surface area contributed by atoms with Crippen molar-refractivity contribution in [3.63, 3.8) is 0 Å². The molecular weight excluding hydrogens is 325 g/mol. The summed E-state index contributed by atoms with van der Waals surface area (Å²) in [6.07, 6.45) is 0. The summed E-state index contributed by atoms with van der Waals surface area (Å²) in [7, 11) is 8.43. The van der Waals surface area contributed by atoms with Crippen molar-refractivity contribution < 1.29 is 0 Å². The van der Waals surface area contributed by atoms with Gasteiger partial charge in [-0.3, -0.25) is 0 Å². The van der Waals surface area contributed by atoms with Crippen LogP contribution in [0.15, 0.2) is 91.0 Å². The van der Waals surface area contributed by atoms with Gasteiger partial charge in [0, 0.05) is 38.2 Å². The van der Waals surface area contributed by atoms with Crippen molar-refractivity contribution in [2.45, 2.75) is 0 Å². The SMILES string of the molecule is CN(P)c1ccccc1.CNc1ccccc1.CNc1ccccc1. The minimum Gasteiger partial charge on any atom is -0.388 e. The van der Waals surface area contributed by atoms with Gasteiger partial charge >= 0.3 is 0 Å². The van der Waals surface area contributed by atoms with Crippen LogP contribution in [0.2, 0.25) is 0 Å². The van der Waals surface area contributed by atoms with E-state index in [1.54, 1.807) is 0 Å². The first-order chi connectivity index (χ1) is 12.2. The molecule has 3 nitrogen and oxygen atoms in total. The Labute approximate surface area is 154 Å². The maximum atomic E-state index is 3.03. The Kier molecular flexibility index (Phi) is 10.6. The normalized spacial score (nSPS) is 8.80. The van der Waals surface area contributed by atoms with Gasteiger partial charge in [0.1, 0.15) is 0 Å². The molecule has 0 radical (unpaired) electrons. The third-order valence-electron chi connectivity index (χ3n) is 3.29. The average Bonchev–Trinajstić information content (AvgIpc) is 2.71. The quantitative estimate of drug-likeness (QED) is 0.620. The van der Waals surface area contributed by atoms with Crippen molar-refractivity contribution in [3.8, 4) is 0 Å². The number of anilines is 3. The second kappa shape index (κ2) is 12.9. The standard InChI is InChI=1S/C7H10NP.2C7H9N/c1-8(9)7-5-3-2-4-6-7;2*1-8-7-5-3-2-4-6-7/h2-6H,9H2,1H3;2*2-6,8H,1H3. The van der Waals surface area contributed by atoms with Gasteiger partial charge in [0.15, 0.2) is 0 Å². The fourth-order valence-electron chi connectivity index (χ4n) is 1.87. The number of nitrogens with one attached hydrogen (secondary N) is 2. The molecule has 0 heterocycles. The summed E-state index contributed by atoms with van der Waals surface area (Å²) in [6.45, 7) is 0. The molecule has 0 spiro atoms. The van der Waals surface area contributed by atoms with Gasteiger partial charge in [0.2, 0.25) is 0 Å². The summed E-state index contributed by atoms with van der Waals surface area (Å²) in [5, 5.41) is 6.05. The summed E-state index contributed by atoms with van der Waals surface area (Å²) in [5.41, 5.74) is 3.53. The highest BCUT2D eigenvalue weighted by Gasteiger charge is 1.88. The van der Waals surface area contributed by atoms with Crippen LogP contribution in [0.4, 0.5) is 17.1 Å². The Hall–Kier alpha value is -2.51. The molecule has 132 valence electrons. The first-order valence-corrected chi connectivity index (χ1v) is 8.68. The monoisotopic (exact) mass is 353 g/mol. The zero-order valence-corrected chi connectivity index (χ0v) is 16.3. The summed E-state index contributed by atoms with van der Waals surface area (Å²) in [4.78, 5) is 0. The minimum atomic E-state index is 1.16. The molecule has 25 heavy (non-hydrogen) atoms. The average molecular weight is 353 g/mol. The van der Waals surface area contributed by atoms with Gasteiger partial charge in [-0.1, -0.05) is 54.6 Å². The van der Waals surface area contributed by atoms with Gasteiger partial charge in [-0.2, -0.15) is 0 Å². The molecule has 1 unspecified atom stereocenters. The van der Waals surface area contributed by atoms with E-state index in [2.05, 4.69) is 32.2 Å². The maximum Gasteiger partial charge on any atom is 0.0392 e. The summed E-state index contributed by atoms with van der Waals surface area (Å²) in [5.74, 6) is 0. The fourth-order valence-corrected chi connectivity index (χ4v) is 2.04. The van der Waals surface area contributed by atoms with E-state index in [1.807, 2.05) is 105 Å². The second-order valence-corrected chi connectivity index (χ2v) is 5.95. The molecule has 0 amide bonds. The van der Waals surface area contributed by atoms with Crippen LogP contribution in [0.3, 0.4) is 0 Å². The van der Waals surface area contributed by atoms with Gasteiger partial charge in [0.05, 0.1) is 0 Å². The Bertz CT molecular complexity index is 619. The predicted molar refractivity (Wildman–Crippen MR) is 117 cm³/mol. The van der Waals surface area contributed by atoms with Gasteiger partial charge in [-0.25, -0.2) is 0 Å². The molecule has 3 aromatic carbocycles. The highest BCUT2D eigenvalue weighted by Crippen LogP contribution is 2.13. The van der Waals surface area contributed by atoms with Crippen molar-refractivity contribution in [1.29, 1.82) is 0 Å². The lowest BCUT2D eigenvalue weighted by Crippen LogP contribution is -1.97. The van der Waals surface area contributed by atoms with E-state index in [9.17, 15) is 0 Å². The Morgan fingerprint density at radius 2 is 0.920 bits per heavy atom.